The predicted octanol–water partition coefficient (Wildman–Crippen LogP) is 6.05. The number of ether oxygens (including phenoxy) is 2. The molecule has 4 heterocycles. The zero-order valence-electron chi connectivity index (χ0n) is 24.3. The molecule has 1 amide bonds. The van der Waals surface area contributed by atoms with E-state index in [-0.39, 0.29) is 12.3 Å². The molecule has 6 aromatic rings. The van der Waals surface area contributed by atoms with Crippen LogP contribution in [0.2, 0.25) is 0 Å². The van der Waals surface area contributed by atoms with Crippen molar-refractivity contribution in [3.8, 4) is 34.0 Å². The number of fused-ring (bicyclic) bond motifs is 1. The van der Waals surface area contributed by atoms with E-state index in [1.54, 1.807) is 24.6 Å². The average molecular weight is 606 g/mol. The number of anilines is 3. The minimum atomic E-state index is -0.124. The number of benzene rings is 2. The summed E-state index contributed by atoms with van der Waals surface area (Å²) in [5.41, 5.74) is 5.29. The first-order valence-electron chi connectivity index (χ1n) is 14.1. The molecule has 0 aliphatic heterocycles. The van der Waals surface area contributed by atoms with Gasteiger partial charge in [-0.1, -0.05) is 18.2 Å². The Labute approximate surface area is 258 Å². The van der Waals surface area contributed by atoms with Crippen molar-refractivity contribution in [1.29, 1.82) is 0 Å². The highest BCUT2D eigenvalue weighted by molar-refractivity contribution is 7.10. The van der Waals surface area contributed by atoms with Gasteiger partial charge in [0.05, 0.1) is 36.0 Å². The summed E-state index contributed by atoms with van der Waals surface area (Å²) in [5, 5.41) is 16.3. The molecular weight excluding hydrogens is 574 g/mol. The Bertz CT molecular complexity index is 1890. The Hall–Kier alpha value is -5.26. The van der Waals surface area contributed by atoms with E-state index in [0.717, 1.165) is 39.5 Å². The van der Waals surface area contributed by atoms with Crippen LogP contribution in [0, 0.1) is 0 Å². The Morgan fingerprint density at radius 1 is 1.02 bits per heavy atom. The van der Waals surface area contributed by atoms with Crippen molar-refractivity contribution in [1.82, 2.24) is 24.9 Å². The Morgan fingerprint density at radius 3 is 2.80 bits per heavy atom. The maximum atomic E-state index is 12.9. The molecule has 0 bridgehead atoms. The molecule has 0 unspecified atom stereocenters. The summed E-state index contributed by atoms with van der Waals surface area (Å²) in [6.07, 6.45) is 3.90. The minimum absolute atomic E-state index is 0.124. The van der Waals surface area contributed by atoms with Crippen LogP contribution < -0.4 is 25.4 Å². The van der Waals surface area contributed by atoms with E-state index >= 15 is 0 Å². The standard InChI is InChI=1S/C33H31N7O3S/c1-34-15-17-43-24-8-5-7-23(20-24)36-33-35-14-13-26(38-33)31-28-10-3-4-16-40(28)39-32(31)22-11-12-29(42-2)27(19-22)37-30(41)21-25-9-6-18-44-25/h3-14,16,18-20,34H,15,17,21H2,1-2H3,(H,37,41)(H,35,36,38). The quantitative estimate of drug-likeness (QED) is 0.145. The maximum Gasteiger partial charge on any atom is 0.229 e. The fourth-order valence-electron chi connectivity index (χ4n) is 4.79. The summed E-state index contributed by atoms with van der Waals surface area (Å²) >= 11 is 1.55. The smallest absolute Gasteiger partial charge is 0.229 e. The van der Waals surface area contributed by atoms with Gasteiger partial charge in [-0.3, -0.25) is 4.79 Å². The summed E-state index contributed by atoms with van der Waals surface area (Å²) in [6.45, 7) is 1.32. The summed E-state index contributed by atoms with van der Waals surface area (Å²) in [6, 6.07) is 25.0. The highest BCUT2D eigenvalue weighted by Gasteiger charge is 2.20. The lowest BCUT2D eigenvalue weighted by atomic mass is 10.0. The second kappa shape index (κ2) is 13.4. The molecule has 0 atom stereocenters. The Balaban J connectivity index is 1.34. The number of hydrogen-bond acceptors (Lipinski definition) is 9. The topological polar surface area (TPSA) is 115 Å². The lowest BCUT2D eigenvalue weighted by molar-refractivity contribution is -0.115. The van der Waals surface area contributed by atoms with Gasteiger partial charge in [0.25, 0.3) is 0 Å². The molecule has 44 heavy (non-hydrogen) atoms. The van der Waals surface area contributed by atoms with Crippen LogP contribution in [0.4, 0.5) is 17.3 Å². The van der Waals surface area contributed by atoms with Crippen molar-refractivity contribution in [2.45, 2.75) is 6.42 Å². The van der Waals surface area contributed by atoms with Gasteiger partial charge in [-0.25, -0.2) is 14.5 Å². The number of nitrogens with one attached hydrogen (secondary N) is 3. The zero-order chi connectivity index (χ0) is 30.3. The van der Waals surface area contributed by atoms with Gasteiger partial charge in [-0.15, -0.1) is 11.3 Å². The lowest BCUT2D eigenvalue weighted by Gasteiger charge is -2.12. The number of methoxy groups -OCH3 is 1. The van der Waals surface area contributed by atoms with Crippen LogP contribution in [-0.2, 0) is 11.2 Å². The van der Waals surface area contributed by atoms with Gasteiger partial charge < -0.3 is 25.4 Å². The SMILES string of the molecule is CNCCOc1cccc(Nc2nccc(-c3c(-c4ccc(OC)c(NC(=O)Cc5cccs5)c4)nn4ccccc34)n2)c1. The summed E-state index contributed by atoms with van der Waals surface area (Å²) in [5.74, 6) is 1.63. The van der Waals surface area contributed by atoms with Crippen molar-refractivity contribution in [3.63, 3.8) is 0 Å². The average Bonchev–Trinajstić information content (AvgIpc) is 3.69. The van der Waals surface area contributed by atoms with Crippen LogP contribution in [0.1, 0.15) is 4.88 Å². The molecule has 0 fully saturated rings. The van der Waals surface area contributed by atoms with Crippen molar-refractivity contribution in [2.75, 3.05) is 37.9 Å². The van der Waals surface area contributed by atoms with Gasteiger partial charge in [0.15, 0.2) is 0 Å². The molecule has 3 N–H and O–H groups in total. The fourth-order valence-corrected chi connectivity index (χ4v) is 5.50. The highest BCUT2D eigenvalue weighted by Crippen LogP contribution is 2.38. The summed E-state index contributed by atoms with van der Waals surface area (Å²) in [4.78, 5) is 23.2. The van der Waals surface area contributed by atoms with Crippen LogP contribution in [0.15, 0.2) is 96.6 Å². The largest absolute Gasteiger partial charge is 0.495 e. The fraction of sp³-hybridized carbons (Fsp3) is 0.152. The van der Waals surface area contributed by atoms with E-state index in [9.17, 15) is 4.79 Å². The molecule has 4 aromatic heterocycles. The van der Waals surface area contributed by atoms with E-state index in [0.29, 0.717) is 35.4 Å². The number of nitrogens with zero attached hydrogens (tertiary/aromatic N) is 4. The lowest BCUT2D eigenvalue weighted by Crippen LogP contribution is -2.15. The van der Waals surface area contributed by atoms with E-state index in [2.05, 4.69) is 20.9 Å². The van der Waals surface area contributed by atoms with Crippen LogP contribution in [0.25, 0.3) is 28.0 Å². The van der Waals surface area contributed by atoms with Crippen molar-refractivity contribution >= 4 is 40.1 Å². The van der Waals surface area contributed by atoms with Crippen LogP contribution >= 0.6 is 11.3 Å². The van der Waals surface area contributed by atoms with Gasteiger partial charge in [-0.05, 0) is 67.0 Å². The number of rotatable bonds is 12. The third-order valence-electron chi connectivity index (χ3n) is 6.82. The monoisotopic (exact) mass is 605 g/mol. The van der Waals surface area contributed by atoms with Crippen molar-refractivity contribution < 1.29 is 14.3 Å². The number of carbonyl (C=O) groups is 1. The molecule has 0 aliphatic carbocycles. The third kappa shape index (κ3) is 6.54. The molecule has 222 valence electrons. The normalized spacial score (nSPS) is 11.0. The summed E-state index contributed by atoms with van der Waals surface area (Å²) in [7, 11) is 3.47. The molecule has 11 heteroatoms. The van der Waals surface area contributed by atoms with Gasteiger partial charge in [0.1, 0.15) is 23.8 Å². The van der Waals surface area contributed by atoms with Crippen molar-refractivity contribution in [2.24, 2.45) is 0 Å². The van der Waals surface area contributed by atoms with Gasteiger partial charge >= 0.3 is 0 Å². The Kier molecular flexibility index (Phi) is 8.76. The van der Waals surface area contributed by atoms with E-state index in [1.807, 2.05) is 102 Å². The van der Waals surface area contributed by atoms with Gasteiger partial charge in [0, 0.05) is 41.1 Å². The second-order valence-corrected chi connectivity index (χ2v) is 10.9. The Morgan fingerprint density at radius 2 is 1.95 bits per heavy atom. The van der Waals surface area contributed by atoms with E-state index < -0.39 is 0 Å². The van der Waals surface area contributed by atoms with Crippen LogP contribution in [0.5, 0.6) is 11.5 Å². The first-order valence-corrected chi connectivity index (χ1v) is 14.9. The number of carbonyl (C=O) groups excluding carboxylic acids is 1. The van der Waals surface area contributed by atoms with Crippen LogP contribution in [0.3, 0.4) is 0 Å². The number of thiophene rings is 1. The van der Waals surface area contributed by atoms with Gasteiger partial charge in [-0.2, -0.15) is 5.10 Å². The number of hydrogen-bond donors (Lipinski definition) is 3. The number of pyridine rings is 1. The van der Waals surface area contributed by atoms with Crippen molar-refractivity contribution in [3.05, 3.63) is 102 Å². The molecule has 0 radical (unpaired) electrons. The first kappa shape index (κ1) is 28.8. The minimum Gasteiger partial charge on any atom is -0.495 e. The molecule has 2 aromatic carbocycles. The van der Waals surface area contributed by atoms with Gasteiger partial charge in [0.2, 0.25) is 11.9 Å². The predicted molar refractivity (Wildman–Crippen MR) is 174 cm³/mol. The third-order valence-corrected chi connectivity index (χ3v) is 7.70. The zero-order valence-corrected chi connectivity index (χ0v) is 25.1. The molecule has 10 nitrogen and oxygen atoms in total. The van der Waals surface area contributed by atoms with Crippen LogP contribution in [-0.4, -0.2) is 52.8 Å². The molecule has 0 saturated heterocycles. The molecular formula is C33H31N7O3S. The summed E-state index contributed by atoms with van der Waals surface area (Å²) < 4.78 is 13.2. The first-order chi connectivity index (χ1) is 21.6. The molecule has 0 aliphatic rings. The second-order valence-electron chi connectivity index (χ2n) is 9.84. The molecule has 6 rings (SSSR count). The highest BCUT2D eigenvalue weighted by atomic mass is 32.1. The molecule has 0 saturated carbocycles. The number of likely N-dealkylation sites (N-methyl/N-ethyl adjacent to an activating group) is 1. The van der Waals surface area contributed by atoms with E-state index in [4.69, 9.17) is 19.6 Å². The molecule has 0 spiro atoms. The number of aromatic nitrogens is 4. The number of amides is 1. The van der Waals surface area contributed by atoms with E-state index in [1.165, 1.54) is 0 Å². The maximum absolute atomic E-state index is 12.9.